The van der Waals surface area contributed by atoms with Crippen LogP contribution in [0.4, 0.5) is 0 Å². The summed E-state index contributed by atoms with van der Waals surface area (Å²) in [5.74, 6) is 0.714. The van der Waals surface area contributed by atoms with Crippen molar-refractivity contribution in [2.24, 2.45) is 0 Å². The summed E-state index contributed by atoms with van der Waals surface area (Å²) < 4.78 is 2.52. The molecule has 2 nitrogen and oxygen atoms in total. The highest BCUT2D eigenvalue weighted by molar-refractivity contribution is 7.26. The summed E-state index contributed by atoms with van der Waals surface area (Å²) in [7, 11) is 0. The van der Waals surface area contributed by atoms with Gasteiger partial charge in [-0.1, -0.05) is 188 Å². The van der Waals surface area contributed by atoms with Gasteiger partial charge in [0.25, 0.3) is 0 Å². The van der Waals surface area contributed by atoms with Gasteiger partial charge in [0, 0.05) is 36.9 Å². The molecule has 3 heteroatoms. The quantitative estimate of drug-likeness (QED) is 0.170. The average molecular weight is 731 g/mol. The van der Waals surface area contributed by atoms with E-state index < -0.39 is 5.41 Å². The predicted octanol–water partition coefficient (Wildman–Crippen LogP) is 13.9. The molecule has 1 aliphatic carbocycles. The van der Waals surface area contributed by atoms with Gasteiger partial charge in [-0.05, 0) is 62.7 Å². The minimum Gasteiger partial charge on any atom is -0.228 e. The lowest BCUT2D eigenvalue weighted by atomic mass is 9.67. The van der Waals surface area contributed by atoms with Crippen LogP contribution in [0.25, 0.3) is 76.3 Å². The molecule has 0 aliphatic heterocycles. The van der Waals surface area contributed by atoms with E-state index in [1.165, 1.54) is 59.1 Å². The smallest absolute Gasteiger partial charge is 0.160 e. The molecule has 11 rings (SSSR count). The van der Waals surface area contributed by atoms with E-state index in [0.29, 0.717) is 5.82 Å². The van der Waals surface area contributed by atoms with Crippen molar-refractivity contribution in [2.45, 2.75) is 5.41 Å². The maximum absolute atomic E-state index is 5.26. The SMILES string of the molecule is c1ccc(-c2nc(-c3cccc(-c4cccc5c4-c4ccccc4C5(c4ccccc4)c4ccccc4)c3)cc(-c3cccc4c3sc3ccccc34)n2)cc1. The number of fused-ring (bicyclic) bond motifs is 6. The van der Waals surface area contributed by atoms with Crippen LogP contribution in [0.1, 0.15) is 22.3 Å². The molecule has 0 bridgehead atoms. The van der Waals surface area contributed by atoms with Crippen LogP contribution in [-0.4, -0.2) is 9.97 Å². The first kappa shape index (κ1) is 32.5. The normalized spacial score (nSPS) is 12.8. The Kier molecular flexibility index (Phi) is 7.61. The Balaban J connectivity index is 1.12. The third-order valence-electron chi connectivity index (χ3n) is 11.4. The molecule has 0 saturated heterocycles. The first-order chi connectivity index (χ1) is 27.8. The summed E-state index contributed by atoms with van der Waals surface area (Å²) in [6, 6.07) is 74.4. The van der Waals surface area contributed by atoms with Gasteiger partial charge in [-0.2, -0.15) is 0 Å². The standard InChI is InChI=1S/C53H34N2S/c1-4-17-35(18-5-1)52-54-47(34-48(55-52)44-29-15-28-42-41-25-11-13-32-49(41)56-51(42)44)37-20-14-19-36(33-37)40-27-16-31-46-50(40)43-26-10-12-30-45(43)53(46,38-21-6-2-7-22-38)39-23-8-3-9-24-39/h1-34H. The fraction of sp³-hybridized carbons (Fsp3) is 0.0189. The second-order valence-electron chi connectivity index (χ2n) is 14.4. The van der Waals surface area contributed by atoms with Crippen LogP contribution in [0.5, 0.6) is 0 Å². The summed E-state index contributed by atoms with van der Waals surface area (Å²) in [6.45, 7) is 0. The molecule has 0 amide bonds. The van der Waals surface area contributed by atoms with E-state index in [-0.39, 0.29) is 0 Å². The van der Waals surface area contributed by atoms with E-state index in [1.807, 2.05) is 17.4 Å². The van der Waals surface area contributed by atoms with Crippen molar-refractivity contribution in [1.82, 2.24) is 9.97 Å². The number of aromatic nitrogens is 2. The lowest BCUT2D eigenvalue weighted by molar-refractivity contribution is 0.768. The summed E-state index contributed by atoms with van der Waals surface area (Å²) in [4.78, 5) is 10.5. The van der Waals surface area contributed by atoms with Crippen molar-refractivity contribution >= 4 is 31.5 Å². The van der Waals surface area contributed by atoms with Crippen molar-refractivity contribution in [1.29, 1.82) is 0 Å². The summed E-state index contributed by atoms with van der Waals surface area (Å²) in [5.41, 5.74) is 14.5. The molecular weight excluding hydrogens is 697 g/mol. The van der Waals surface area contributed by atoms with Gasteiger partial charge in [-0.15, -0.1) is 11.3 Å². The zero-order valence-corrected chi connectivity index (χ0v) is 31.2. The lowest BCUT2D eigenvalue weighted by Crippen LogP contribution is -2.28. The Labute approximate surface area is 330 Å². The zero-order chi connectivity index (χ0) is 37.1. The number of rotatable bonds is 6. The van der Waals surface area contributed by atoms with Crippen molar-refractivity contribution < 1.29 is 0 Å². The van der Waals surface area contributed by atoms with Gasteiger partial charge < -0.3 is 0 Å². The maximum Gasteiger partial charge on any atom is 0.160 e. The molecule has 56 heavy (non-hydrogen) atoms. The zero-order valence-electron chi connectivity index (χ0n) is 30.4. The van der Waals surface area contributed by atoms with Crippen LogP contribution in [0.3, 0.4) is 0 Å². The van der Waals surface area contributed by atoms with Gasteiger partial charge >= 0.3 is 0 Å². The minimum atomic E-state index is -0.457. The third kappa shape index (κ3) is 5.02. The van der Waals surface area contributed by atoms with E-state index in [2.05, 4.69) is 200 Å². The molecular formula is C53H34N2S. The molecule has 2 aromatic heterocycles. The highest BCUT2D eigenvalue weighted by Gasteiger charge is 2.46. The van der Waals surface area contributed by atoms with Crippen LogP contribution in [0.2, 0.25) is 0 Å². The van der Waals surface area contributed by atoms with E-state index in [0.717, 1.165) is 33.6 Å². The second-order valence-corrected chi connectivity index (χ2v) is 15.5. The van der Waals surface area contributed by atoms with Crippen molar-refractivity contribution in [3.8, 4) is 56.2 Å². The molecule has 262 valence electrons. The van der Waals surface area contributed by atoms with Crippen LogP contribution in [0, 0.1) is 0 Å². The summed E-state index contributed by atoms with van der Waals surface area (Å²) in [6.07, 6.45) is 0. The van der Waals surface area contributed by atoms with E-state index >= 15 is 0 Å². The van der Waals surface area contributed by atoms with Crippen LogP contribution < -0.4 is 0 Å². The van der Waals surface area contributed by atoms with Crippen molar-refractivity contribution in [3.05, 3.63) is 229 Å². The molecule has 1 aliphatic rings. The number of hydrogen-bond acceptors (Lipinski definition) is 3. The van der Waals surface area contributed by atoms with Gasteiger partial charge in [0.2, 0.25) is 0 Å². The molecule has 0 saturated carbocycles. The second kappa shape index (κ2) is 13.1. The van der Waals surface area contributed by atoms with E-state index in [9.17, 15) is 0 Å². The molecule has 8 aromatic carbocycles. The number of benzene rings is 8. The minimum absolute atomic E-state index is 0.457. The summed E-state index contributed by atoms with van der Waals surface area (Å²) >= 11 is 1.83. The Morgan fingerprint density at radius 2 is 0.929 bits per heavy atom. The molecule has 0 fully saturated rings. The Morgan fingerprint density at radius 3 is 1.73 bits per heavy atom. The van der Waals surface area contributed by atoms with Gasteiger partial charge in [0.1, 0.15) is 0 Å². The highest BCUT2D eigenvalue weighted by atomic mass is 32.1. The summed E-state index contributed by atoms with van der Waals surface area (Å²) in [5, 5.41) is 2.53. The molecule has 2 heterocycles. The van der Waals surface area contributed by atoms with E-state index in [1.54, 1.807) is 0 Å². The fourth-order valence-electron chi connectivity index (χ4n) is 8.98. The molecule has 10 aromatic rings. The topological polar surface area (TPSA) is 25.8 Å². The average Bonchev–Trinajstić information content (AvgIpc) is 3.81. The lowest BCUT2D eigenvalue weighted by Gasteiger charge is -2.34. The Morgan fingerprint density at radius 1 is 0.375 bits per heavy atom. The number of thiophene rings is 1. The van der Waals surface area contributed by atoms with Crippen LogP contribution >= 0.6 is 11.3 Å². The maximum atomic E-state index is 5.26. The largest absolute Gasteiger partial charge is 0.228 e. The first-order valence-corrected chi connectivity index (χ1v) is 19.9. The van der Waals surface area contributed by atoms with Crippen molar-refractivity contribution in [3.63, 3.8) is 0 Å². The van der Waals surface area contributed by atoms with Gasteiger partial charge in [-0.25, -0.2) is 9.97 Å². The van der Waals surface area contributed by atoms with Crippen molar-refractivity contribution in [2.75, 3.05) is 0 Å². The van der Waals surface area contributed by atoms with Crippen LogP contribution in [0.15, 0.2) is 206 Å². The predicted molar refractivity (Wildman–Crippen MR) is 234 cm³/mol. The Bertz CT molecular complexity index is 3040. The van der Waals surface area contributed by atoms with Crippen LogP contribution in [-0.2, 0) is 5.41 Å². The highest BCUT2D eigenvalue weighted by Crippen LogP contribution is 2.58. The van der Waals surface area contributed by atoms with Gasteiger partial charge in [0.05, 0.1) is 16.8 Å². The van der Waals surface area contributed by atoms with Gasteiger partial charge in [-0.3, -0.25) is 0 Å². The monoisotopic (exact) mass is 730 g/mol. The number of nitrogens with zero attached hydrogens (tertiary/aromatic N) is 2. The fourth-order valence-corrected chi connectivity index (χ4v) is 10.2. The Hall–Kier alpha value is -6.94. The van der Waals surface area contributed by atoms with E-state index in [4.69, 9.17) is 9.97 Å². The molecule has 0 N–H and O–H groups in total. The van der Waals surface area contributed by atoms with Gasteiger partial charge in [0.15, 0.2) is 5.82 Å². The molecule has 0 unspecified atom stereocenters. The third-order valence-corrected chi connectivity index (χ3v) is 12.6. The first-order valence-electron chi connectivity index (χ1n) is 19.1. The molecule has 0 spiro atoms. The molecule has 0 radical (unpaired) electrons. The molecule has 0 atom stereocenters. The number of hydrogen-bond donors (Lipinski definition) is 0.